The summed E-state index contributed by atoms with van der Waals surface area (Å²) >= 11 is 1.80. The first-order valence-electron chi connectivity index (χ1n) is 9.15. The maximum absolute atomic E-state index is 12.7. The van der Waals surface area contributed by atoms with Crippen LogP contribution in [0.3, 0.4) is 0 Å². The van der Waals surface area contributed by atoms with Crippen molar-refractivity contribution in [3.8, 4) is 0 Å². The summed E-state index contributed by atoms with van der Waals surface area (Å²) in [6.07, 6.45) is 0.889. The van der Waals surface area contributed by atoms with Crippen molar-refractivity contribution in [2.45, 2.75) is 25.9 Å². The van der Waals surface area contributed by atoms with Crippen molar-refractivity contribution in [1.29, 1.82) is 0 Å². The molecule has 1 amide bonds. The minimum absolute atomic E-state index is 0. The molecular formula is C18H26ClN5O2S. The van der Waals surface area contributed by atoms with Crippen molar-refractivity contribution >= 4 is 29.7 Å². The molecule has 1 unspecified atom stereocenters. The molecule has 1 saturated heterocycles. The average Bonchev–Trinajstić information content (AvgIpc) is 3.29. The summed E-state index contributed by atoms with van der Waals surface area (Å²) in [7, 11) is 0. The zero-order valence-corrected chi connectivity index (χ0v) is 17.0. The monoisotopic (exact) mass is 411 g/mol. The van der Waals surface area contributed by atoms with Gasteiger partial charge in [-0.1, -0.05) is 0 Å². The van der Waals surface area contributed by atoms with E-state index in [9.17, 15) is 4.79 Å². The lowest BCUT2D eigenvalue weighted by atomic mass is 10.1. The second-order valence-electron chi connectivity index (χ2n) is 6.78. The summed E-state index contributed by atoms with van der Waals surface area (Å²) in [5, 5.41) is 13.7. The van der Waals surface area contributed by atoms with E-state index in [4.69, 9.17) is 4.74 Å². The Morgan fingerprint density at radius 3 is 2.96 bits per heavy atom. The van der Waals surface area contributed by atoms with Crippen LogP contribution in [0.2, 0.25) is 0 Å². The highest BCUT2D eigenvalue weighted by molar-refractivity contribution is 7.12. The highest BCUT2D eigenvalue weighted by Gasteiger charge is 2.26. The van der Waals surface area contributed by atoms with E-state index in [1.54, 1.807) is 11.3 Å². The van der Waals surface area contributed by atoms with Gasteiger partial charge < -0.3 is 15.4 Å². The van der Waals surface area contributed by atoms with Crippen LogP contribution < -0.4 is 10.6 Å². The molecular weight excluding hydrogens is 386 g/mol. The number of hydrogen-bond donors (Lipinski definition) is 3. The average molecular weight is 412 g/mol. The molecule has 2 aromatic rings. The summed E-state index contributed by atoms with van der Waals surface area (Å²) in [5.41, 5.74) is 2.60. The Labute approximate surface area is 169 Å². The topological polar surface area (TPSA) is 82.3 Å². The Morgan fingerprint density at radius 2 is 2.22 bits per heavy atom. The number of hydrogen-bond acceptors (Lipinski definition) is 6. The lowest BCUT2D eigenvalue weighted by molar-refractivity contribution is 0.0169. The van der Waals surface area contributed by atoms with Crippen LogP contribution in [0.4, 0.5) is 0 Å². The summed E-state index contributed by atoms with van der Waals surface area (Å²) in [5.74, 6) is -0.0993. The van der Waals surface area contributed by atoms with E-state index < -0.39 is 0 Å². The van der Waals surface area contributed by atoms with Crippen molar-refractivity contribution in [3.05, 3.63) is 38.8 Å². The molecule has 1 fully saturated rings. The van der Waals surface area contributed by atoms with Crippen molar-refractivity contribution in [3.63, 3.8) is 0 Å². The molecule has 2 aliphatic heterocycles. The van der Waals surface area contributed by atoms with Crippen LogP contribution in [0.1, 0.15) is 37.5 Å². The number of rotatable bonds is 5. The number of halogens is 1. The lowest BCUT2D eigenvalue weighted by Gasteiger charge is -2.34. The highest BCUT2D eigenvalue weighted by atomic mass is 35.5. The number of thiophene rings is 1. The second kappa shape index (κ2) is 9.16. The maximum atomic E-state index is 12.7. The lowest BCUT2D eigenvalue weighted by Crippen LogP contribution is -2.43. The zero-order chi connectivity index (χ0) is 17.9. The third kappa shape index (κ3) is 4.52. The number of nitrogens with one attached hydrogen (secondary N) is 3. The van der Waals surface area contributed by atoms with Crippen LogP contribution in [0.25, 0.3) is 0 Å². The Hall–Kier alpha value is -1.45. The van der Waals surface area contributed by atoms with Gasteiger partial charge in [0.25, 0.3) is 5.91 Å². The second-order valence-corrected chi connectivity index (χ2v) is 8.10. The summed E-state index contributed by atoms with van der Waals surface area (Å²) < 4.78 is 5.49. The van der Waals surface area contributed by atoms with Crippen LogP contribution in [0.15, 0.2) is 12.1 Å². The fourth-order valence-corrected chi connectivity index (χ4v) is 4.63. The zero-order valence-electron chi connectivity index (χ0n) is 15.4. The van der Waals surface area contributed by atoms with Crippen molar-refractivity contribution in [2.75, 3.05) is 39.4 Å². The van der Waals surface area contributed by atoms with E-state index in [2.05, 4.69) is 44.8 Å². The summed E-state index contributed by atoms with van der Waals surface area (Å²) in [6.45, 7) is 7.58. The van der Waals surface area contributed by atoms with E-state index in [0.717, 1.165) is 50.5 Å². The number of nitrogens with zero attached hydrogens (tertiary/aromatic N) is 2. The molecule has 7 nitrogen and oxygen atoms in total. The number of carbonyl (C=O) groups is 1. The van der Waals surface area contributed by atoms with Gasteiger partial charge in [-0.25, -0.2) is 0 Å². The smallest absolute Gasteiger partial charge is 0.272 e. The van der Waals surface area contributed by atoms with Gasteiger partial charge >= 0.3 is 0 Å². The molecule has 9 heteroatoms. The van der Waals surface area contributed by atoms with Crippen molar-refractivity contribution < 1.29 is 9.53 Å². The first kappa shape index (κ1) is 20.3. The van der Waals surface area contributed by atoms with Gasteiger partial charge in [0, 0.05) is 60.2 Å². The number of amides is 1. The molecule has 2 aliphatic rings. The molecule has 0 saturated carbocycles. The van der Waals surface area contributed by atoms with Crippen molar-refractivity contribution in [2.24, 2.45) is 0 Å². The number of aromatic amines is 1. The number of ether oxygens (including phenoxy) is 1. The Balaban J connectivity index is 0.00000210. The summed E-state index contributed by atoms with van der Waals surface area (Å²) in [4.78, 5) is 17.7. The fourth-order valence-electron chi connectivity index (χ4n) is 3.62. The van der Waals surface area contributed by atoms with E-state index in [0.29, 0.717) is 18.8 Å². The van der Waals surface area contributed by atoms with Crippen LogP contribution >= 0.6 is 23.7 Å². The number of aryl methyl sites for hydroxylation is 1. The third-order valence-electron chi connectivity index (χ3n) is 5.05. The van der Waals surface area contributed by atoms with Gasteiger partial charge in [-0.2, -0.15) is 5.10 Å². The molecule has 0 aliphatic carbocycles. The maximum Gasteiger partial charge on any atom is 0.272 e. The van der Waals surface area contributed by atoms with Gasteiger partial charge in [-0.05, 0) is 19.1 Å². The van der Waals surface area contributed by atoms with Gasteiger partial charge in [-0.3, -0.25) is 14.8 Å². The van der Waals surface area contributed by atoms with E-state index in [-0.39, 0.29) is 24.4 Å². The predicted molar refractivity (Wildman–Crippen MR) is 108 cm³/mol. The van der Waals surface area contributed by atoms with Crippen molar-refractivity contribution in [1.82, 2.24) is 25.7 Å². The molecule has 0 bridgehead atoms. The van der Waals surface area contributed by atoms with Crippen LogP contribution in [0, 0.1) is 6.92 Å². The Bertz CT molecular complexity index is 772. The number of fused-ring (bicyclic) bond motifs is 1. The van der Waals surface area contributed by atoms with Gasteiger partial charge in [0.15, 0.2) is 5.69 Å². The molecule has 0 aromatic carbocycles. The minimum atomic E-state index is -0.0993. The van der Waals surface area contributed by atoms with Gasteiger partial charge in [-0.15, -0.1) is 23.7 Å². The largest absolute Gasteiger partial charge is 0.379 e. The molecule has 1 atom stereocenters. The molecule has 4 rings (SSSR count). The molecule has 27 heavy (non-hydrogen) atoms. The molecule has 148 valence electrons. The Morgan fingerprint density at radius 1 is 1.41 bits per heavy atom. The molecule has 0 radical (unpaired) electrons. The predicted octanol–water partition coefficient (Wildman–Crippen LogP) is 1.65. The number of H-pyrrole nitrogens is 1. The summed E-state index contributed by atoms with van der Waals surface area (Å²) in [6, 6.07) is 4.49. The number of aromatic nitrogens is 2. The first-order valence-corrected chi connectivity index (χ1v) is 9.97. The van der Waals surface area contributed by atoms with Gasteiger partial charge in [0.2, 0.25) is 0 Å². The normalized spacial score (nSPS) is 18.4. The van der Waals surface area contributed by atoms with Crippen LogP contribution in [-0.4, -0.2) is 60.4 Å². The first-order chi connectivity index (χ1) is 12.7. The molecule has 3 N–H and O–H groups in total. The van der Waals surface area contributed by atoms with E-state index >= 15 is 0 Å². The third-order valence-corrected chi connectivity index (χ3v) is 6.16. The molecule has 2 aromatic heterocycles. The molecule has 0 spiro atoms. The van der Waals surface area contributed by atoms with Crippen LogP contribution in [0.5, 0.6) is 0 Å². The minimum Gasteiger partial charge on any atom is -0.379 e. The van der Waals surface area contributed by atoms with Gasteiger partial charge in [0.1, 0.15) is 0 Å². The SMILES string of the molecule is Cc1ccc(C(CNC(=O)c2n[nH]c3c2CNCC3)N2CCOCC2)s1.Cl. The van der Waals surface area contributed by atoms with E-state index in [1.807, 2.05) is 0 Å². The Kier molecular flexibility index (Phi) is 6.88. The van der Waals surface area contributed by atoms with Crippen LogP contribution in [-0.2, 0) is 17.7 Å². The van der Waals surface area contributed by atoms with E-state index in [1.165, 1.54) is 9.75 Å². The fraction of sp³-hybridized carbons (Fsp3) is 0.556. The number of morpholine rings is 1. The molecule has 4 heterocycles. The number of carbonyl (C=O) groups excluding carboxylic acids is 1. The quantitative estimate of drug-likeness (QED) is 0.697. The van der Waals surface area contributed by atoms with Gasteiger partial charge in [0.05, 0.1) is 19.3 Å². The highest BCUT2D eigenvalue weighted by Crippen LogP contribution is 2.28. The standard InChI is InChI=1S/C18H25N5O2S.ClH/c1-12-2-3-16(26-12)15(23-6-8-25-9-7-23)11-20-18(24)17-13-10-19-5-4-14(13)21-22-17;/h2-3,15,19H,4-11H2,1H3,(H,20,24)(H,21,22);1H.